The van der Waals surface area contributed by atoms with Crippen molar-refractivity contribution in [3.8, 4) is 0 Å². The van der Waals surface area contributed by atoms with Crippen LogP contribution in [0.25, 0.3) is 0 Å². The van der Waals surface area contributed by atoms with E-state index in [4.69, 9.17) is 28.4 Å². The van der Waals surface area contributed by atoms with Crippen molar-refractivity contribution in [2.75, 3.05) is 13.2 Å². The number of carbonyl (C=O) groups excluding carboxylic acids is 4. The molecule has 0 aromatic carbocycles. The molecule has 5 saturated carbocycles. The Morgan fingerprint density at radius 3 is 2.02 bits per heavy atom. The largest absolute Gasteiger partial charge is 0.465 e. The van der Waals surface area contributed by atoms with E-state index in [2.05, 4.69) is 48.1 Å². The van der Waals surface area contributed by atoms with Crippen LogP contribution in [-0.4, -0.2) is 67.8 Å². The number of allylic oxidation sites excluding steroid dienone is 1. The van der Waals surface area contributed by atoms with Gasteiger partial charge in [0.1, 0.15) is 18.8 Å². The molecule has 0 amide bonds. The number of carbonyl (C=O) groups is 4. The fourth-order valence-corrected chi connectivity index (χ4v) is 14.2. The van der Waals surface area contributed by atoms with Crippen molar-refractivity contribution >= 4 is 23.9 Å². The summed E-state index contributed by atoms with van der Waals surface area (Å²) in [5.41, 5.74) is 1.66. The lowest BCUT2D eigenvalue weighted by molar-refractivity contribution is -0.304. The topological polar surface area (TPSA) is 124 Å². The predicted octanol–water partition coefficient (Wildman–Crippen LogP) is 8.13. The first-order chi connectivity index (χ1) is 25.2. The maximum Gasteiger partial charge on any atom is 0.303 e. The van der Waals surface area contributed by atoms with E-state index in [1.165, 1.54) is 52.0 Å². The van der Waals surface area contributed by atoms with Crippen molar-refractivity contribution in [2.24, 2.45) is 56.7 Å². The number of hydrogen-bond donors (Lipinski definition) is 0. The lowest BCUT2D eigenvalue weighted by atomic mass is 9.32. The molecule has 0 radical (unpaired) electrons. The van der Waals surface area contributed by atoms with Gasteiger partial charge in [-0.2, -0.15) is 0 Å². The normalized spacial score (nSPS) is 45.0. The molecule has 6 fully saturated rings. The Kier molecular flexibility index (Phi) is 11.3. The van der Waals surface area contributed by atoms with Gasteiger partial charge in [-0.1, -0.05) is 46.8 Å². The fraction of sp³-hybridized carbons (Fsp3) is 0.864. The summed E-state index contributed by atoms with van der Waals surface area (Å²) in [6.45, 7) is 25.2. The first kappa shape index (κ1) is 41.2. The Balaban J connectivity index is 1.23. The van der Waals surface area contributed by atoms with E-state index in [1.54, 1.807) is 6.92 Å². The van der Waals surface area contributed by atoms with Crippen molar-refractivity contribution in [2.45, 2.75) is 171 Å². The molecule has 0 bridgehead atoms. The highest BCUT2D eigenvalue weighted by atomic mass is 16.7. The predicted molar refractivity (Wildman–Crippen MR) is 201 cm³/mol. The van der Waals surface area contributed by atoms with Crippen LogP contribution in [0, 0.1) is 56.7 Å². The molecular weight excluding hydrogens is 688 g/mol. The van der Waals surface area contributed by atoms with Gasteiger partial charge in [0.2, 0.25) is 0 Å². The molecule has 1 heterocycles. The lowest BCUT2D eigenvalue weighted by Crippen LogP contribution is -2.67. The van der Waals surface area contributed by atoms with Gasteiger partial charge in [-0.25, -0.2) is 0 Å². The summed E-state index contributed by atoms with van der Waals surface area (Å²) in [6.07, 6.45) is 7.95. The molecule has 0 spiro atoms. The molecule has 304 valence electrons. The molecule has 14 atom stereocenters. The maximum atomic E-state index is 12.2. The second-order valence-corrected chi connectivity index (χ2v) is 19.7. The SMILES string of the molecule is C=C(C)[C@@H]1CC[C@]2(COC(C)=O)CC[C@]3(C)[C@H](CCC4[C@@]5(C)CC[C@@H](O[C@H]6C[C@@H](OC(C)=O)[C@H](OC(C)=O)[C@@H](COC(C)=O)O6)C(C)(C)[C@@H]5CC[C@]43C)[C@@H]12. The van der Waals surface area contributed by atoms with E-state index in [9.17, 15) is 19.2 Å². The minimum absolute atomic E-state index is 0.0478. The lowest BCUT2D eigenvalue weighted by Gasteiger charge is -2.73. The number of esters is 4. The standard InChI is InChI=1S/C44H68O10/c1-25(2)30-14-19-44(24-50-27(4)46)21-20-42(10)31(38(30)44)12-13-35-41(9)17-16-36(40(7,8)34(41)15-18-43(35,42)11)54-37-22-32(51-28(5)47)39(52-29(6)48)33(53-37)23-49-26(3)45/h30-39H,1,12-24H2,2-11H3/t30-,31+,32+,33+,34-,35?,36+,37-,38+,39-,41-,42+,43+,44+/m0/s1. The van der Waals surface area contributed by atoms with Gasteiger partial charge in [0.15, 0.2) is 12.4 Å². The monoisotopic (exact) mass is 756 g/mol. The zero-order valence-electron chi connectivity index (χ0n) is 34.8. The van der Waals surface area contributed by atoms with Crippen LogP contribution in [0.4, 0.5) is 0 Å². The molecule has 0 N–H and O–H groups in total. The van der Waals surface area contributed by atoms with E-state index in [1.807, 2.05) is 0 Å². The quantitative estimate of drug-likeness (QED) is 0.0986. The highest BCUT2D eigenvalue weighted by Gasteiger charge is 2.71. The van der Waals surface area contributed by atoms with E-state index in [0.29, 0.717) is 36.2 Å². The van der Waals surface area contributed by atoms with E-state index in [0.717, 1.165) is 38.5 Å². The Morgan fingerprint density at radius 1 is 0.704 bits per heavy atom. The summed E-state index contributed by atoms with van der Waals surface area (Å²) < 4.78 is 35.7. The molecule has 5 aliphatic carbocycles. The van der Waals surface area contributed by atoms with Crippen molar-refractivity contribution in [3.63, 3.8) is 0 Å². The molecule has 1 aliphatic heterocycles. The van der Waals surface area contributed by atoms with Crippen molar-refractivity contribution in [1.29, 1.82) is 0 Å². The van der Waals surface area contributed by atoms with Crippen molar-refractivity contribution in [1.82, 2.24) is 0 Å². The van der Waals surface area contributed by atoms with Crippen molar-refractivity contribution in [3.05, 3.63) is 12.2 Å². The molecule has 6 aliphatic rings. The van der Waals surface area contributed by atoms with Gasteiger partial charge in [0, 0.05) is 39.5 Å². The average molecular weight is 757 g/mol. The second kappa shape index (κ2) is 14.8. The zero-order valence-corrected chi connectivity index (χ0v) is 34.8. The first-order valence-electron chi connectivity index (χ1n) is 20.8. The van der Waals surface area contributed by atoms with E-state index >= 15 is 0 Å². The van der Waals surface area contributed by atoms with Crippen LogP contribution >= 0.6 is 0 Å². The van der Waals surface area contributed by atoms with Crippen LogP contribution < -0.4 is 0 Å². The Hall–Kier alpha value is -2.46. The summed E-state index contributed by atoms with van der Waals surface area (Å²) in [5.74, 6) is 0.854. The van der Waals surface area contributed by atoms with Crippen molar-refractivity contribution < 1.29 is 47.6 Å². The molecule has 6 rings (SSSR count). The summed E-state index contributed by atoms with van der Waals surface area (Å²) in [7, 11) is 0. The highest BCUT2D eigenvalue weighted by molar-refractivity contribution is 5.68. The van der Waals surface area contributed by atoms with Gasteiger partial charge in [-0.05, 0) is 122 Å². The number of hydrogen-bond acceptors (Lipinski definition) is 10. The van der Waals surface area contributed by atoms with Crippen LogP contribution in [0.1, 0.15) is 140 Å². The summed E-state index contributed by atoms with van der Waals surface area (Å²) in [5, 5.41) is 0. The molecule has 54 heavy (non-hydrogen) atoms. The molecular formula is C44H68O10. The minimum atomic E-state index is -0.928. The number of ether oxygens (including phenoxy) is 6. The Bertz CT molecular complexity index is 1490. The summed E-state index contributed by atoms with van der Waals surface area (Å²) in [4.78, 5) is 48.1. The van der Waals surface area contributed by atoms with Crippen LogP contribution in [0.2, 0.25) is 0 Å². The van der Waals surface area contributed by atoms with E-state index in [-0.39, 0.29) is 52.2 Å². The molecule has 1 unspecified atom stereocenters. The van der Waals surface area contributed by atoms with Gasteiger partial charge >= 0.3 is 23.9 Å². The second-order valence-electron chi connectivity index (χ2n) is 19.7. The van der Waals surface area contributed by atoms with Crippen LogP contribution in [0.5, 0.6) is 0 Å². The molecule has 10 nitrogen and oxygen atoms in total. The third kappa shape index (κ3) is 6.96. The van der Waals surface area contributed by atoms with Gasteiger partial charge < -0.3 is 28.4 Å². The van der Waals surface area contributed by atoms with Crippen LogP contribution in [0.15, 0.2) is 12.2 Å². The van der Waals surface area contributed by atoms with E-state index < -0.39 is 42.5 Å². The summed E-state index contributed by atoms with van der Waals surface area (Å²) >= 11 is 0. The fourth-order valence-electron chi connectivity index (χ4n) is 14.2. The smallest absolute Gasteiger partial charge is 0.303 e. The van der Waals surface area contributed by atoms with Gasteiger partial charge in [-0.3, -0.25) is 19.2 Å². The summed E-state index contributed by atoms with van der Waals surface area (Å²) in [6, 6.07) is 0. The molecule has 0 aromatic heterocycles. The van der Waals surface area contributed by atoms with Crippen LogP contribution in [0.3, 0.4) is 0 Å². The number of fused-ring (bicyclic) bond motifs is 7. The Labute approximate surface area is 323 Å². The van der Waals surface area contributed by atoms with Gasteiger partial charge in [-0.15, -0.1) is 0 Å². The third-order valence-electron chi connectivity index (χ3n) is 16.6. The first-order valence-corrected chi connectivity index (χ1v) is 20.8. The maximum absolute atomic E-state index is 12.2. The average Bonchev–Trinajstić information content (AvgIpc) is 3.45. The van der Waals surface area contributed by atoms with Crippen LogP contribution in [-0.2, 0) is 47.6 Å². The number of rotatable bonds is 9. The van der Waals surface area contributed by atoms with Gasteiger partial charge in [0.25, 0.3) is 0 Å². The third-order valence-corrected chi connectivity index (χ3v) is 16.6. The highest BCUT2D eigenvalue weighted by Crippen LogP contribution is 2.77. The molecule has 10 heteroatoms. The minimum Gasteiger partial charge on any atom is -0.465 e. The van der Waals surface area contributed by atoms with Gasteiger partial charge in [0.05, 0.1) is 12.7 Å². The molecule has 0 aromatic rings. The zero-order chi connectivity index (χ0) is 39.6. The Morgan fingerprint density at radius 2 is 1.39 bits per heavy atom. The molecule has 1 saturated heterocycles.